The van der Waals surface area contributed by atoms with Crippen LogP contribution in [-0.2, 0) is 14.3 Å². The Bertz CT molecular complexity index is 773. The zero-order valence-electron chi connectivity index (χ0n) is 14.3. The van der Waals surface area contributed by atoms with E-state index in [1.807, 2.05) is 29.6 Å². The lowest BCUT2D eigenvalue weighted by molar-refractivity contribution is -0.124. The molecular weight excluding hydrogens is 376 g/mol. The van der Waals surface area contributed by atoms with Gasteiger partial charge in [-0.3, -0.25) is 9.59 Å². The Balaban J connectivity index is 0.00000243. The lowest BCUT2D eigenvalue weighted by Gasteiger charge is -2.31. The van der Waals surface area contributed by atoms with E-state index in [-0.39, 0.29) is 24.2 Å². The van der Waals surface area contributed by atoms with Crippen LogP contribution in [0.25, 0.3) is 11.3 Å². The van der Waals surface area contributed by atoms with E-state index in [1.54, 1.807) is 0 Å². The second-order valence-electron chi connectivity index (χ2n) is 6.02. The summed E-state index contributed by atoms with van der Waals surface area (Å²) in [4.78, 5) is 27.9. The molecule has 26 heavy (non-hydrogen) atoms. The van der Waals surface area contributed by atoms with Gasteiger partial charge >= 0.3 is 0 Å². The predicted octanol–water partition coefficient (Wildman–Crippen LogP) is 2.64. The van der Waals surface area contributed by atoms with Gasteiger partial charge in [-0.25, -0.2) is 4.98 Å². The van der Waals surface area contributed by atoms with E-state index < -0.39 is 5.54 Å². The highest BCUT2D eigenvalue weighted by Crippen LogP contribution is 2.27. The van der Waals surface area contributed by atoms with Gasteiger partial charge < -0.3 is 21.1 Å². The molecule has 0 atom stereocenters. The highest BCUT2D eigenvalue weighted by molar-refractivity contribution is 7.14. The van der Waals surface area contributed by atoms with Crippen LogP contribution in [0.1, 0.15) is 19.8 Å². The van der Waals surface area contributed by atoms with Crippen LogP contribution < -0.4 is 16.4 Å². The lowest BCUT2D eigenvalue weighted by atomic mass is 9.90. The Hall–Kier alpha value is -2.00. The molecule has 0 unspecified atom stereocenters. The highest BCUT2D eigenvalue weighted by atomic mass is 35.5. The molecule has 0 spiro atoms. The van der Waals surface area contributed by atoms with Crippen molar-refractivity contribution in [1.82, 2.24) is 4.98 Å². The van der Waals surface area contributed by atoms with Gasteiger partial charge in [0.05, 0.1) is 5.69 Å². The van der Waals surface area contributed by atoms with Crippen molar-refractivity contribution in [2.75, 3.05) is 23.8 Å². The molecule has 3 rings (SSSR count). The molecule has 140 valence electrons. The third kappa shape index (κ3) is 4.79. The number of carbonyl (C=O) groups excluding carboxylic acids is 2. The normalized spacial score (nSPS) is 15.6. The lowest BCUT2D eigenvalue weighted by Crippen LogP contribution is -2.54. The molecule has 1 aliphatic rings. The molecule has 0 saturated carbocycles. The summed E-state index contributed by atoms with van der Waals surface area (Å²) < 4.78 is 5.26. The second-order valence-corrected chi connectivity index (χ2v) is 6.88. The first-order valence-corrected chi connectivity index (χ1v) is 8.86. The number of nitrogens with one attached hydrogen (secondary N) is 2. The van der Waals surface area contributed by atoms with Crippen molar-refractivity contribution >= 4 is 46.4 Å². The van der Waals surface area contributed by atoms with Crippen LogP contribution in [0, 0.1) is 0 Å². The van der Waals surface area contributed by atoms with Crippen molar-refractivity contribution in [3.8, 4) is 11.3 Å². The Kier molecular flexibility index (Phi) is 6.71. The fraction of sp³-hybridized carbons (Fsp3) is 0.353. The maximum Gasteiger partial charge on any atom is 0.246 e. The number of benzene rings is 1. The first kappa shape index (κ1) is 20.3. The fourth-order valence-electron chi connectivity index (χ4n) is 2.58. The number of nitrogens with zero attached hydrogens (tertiary/aromatic N) is 1. The molecule has 9 heteroatoms. The number of hydrogen-bond acceptors (Lipinski definition) is 6. The average Bonchev–Trinajstić information content (AvgIpc) is 3.04. The van der Waals surface area contributed by atoms with Crippen LogP contribution in [0.15, 0.2) is 29.6 Å². The number of aromatic nitrogens is 1. The Morgan fingerprint density at radius 1 is 1.19 bits per heavy atom. The molecule has 7 nitrogen and oxygen atoms in total. The Morgan fingerprint density at radius 2 is 1.85 bits per heavy atom. The largest absolute Gasteiger partial charge is 0.381 e. The van der Waals surface area contributed by atoms with Crippen molar-refractivity contribution in [2.24, 2.45) is 5.73 Å². The highest BCUT2D eigenvalue weighted by Gasteiger charge is 2.36. The molecule has 1 saturated heterocycles. The number of ether oxygens (including phenoxy) is 1. The molecule has 1 aromatic heterocycles. The van der Waals surface area contributed by atoms with Crippen molar-refractivity contribution < 1.29 is 14.3 Å². The Labute approximate surface area is 161 Å². The van der Waals surface area contributed by atoms with E-state index in [0.717, 1.165) is 16.9 Å². The summed E-state index contributed by atoms with van der Waals surface area (Å²) in [5.41, 5.74) is 7.66. The minimum Gasteiger partial charge on any atom is -0.381 e. The first-order valence-electron chi connectivity index (χ1n) is 7.98. The minimum atomic E-state index is -0.899. The third-order valence-electron chi connectivity index (χ3n) is 4.06. The van der Waals surface area contributed by atoms with E-state index in [9.17, 15) is 9.59 Å². The quantitative estimate of drug-likeness (QED) is 0.736. The van der Waals surface area contributed by atoms with E-state index in [1.165, 1.54) is 18.3 Å². The standard InChI is InChI=1S/C17H20N4O3S.ClH/c1-11(22)19-13-4-2-12(3-5-13)14-10-25-16(20-14)21-15(23)17(18)6-8-24-9-7-17;/h2-5,10H,6-9,18H2,1H3,(H,19,22)(H,20,21,23);1H. The Morgan fingerprint density at radius 3 is 2.46 bits per heavy atom. The molecule has 0 radical (unpaired) electrons. The number of halogens is 1. The van der Waals surface area contributed by atoms with E-state index in [0.29, 0.717) is 31.2 Å². The number of rotatable bonds is 4. The molecule has 2 heterocycles. The minimum absolute atomic E-state index is 0. The van der Waals surface area contributed by atoms with Gasteiger partial charge in [0, 0.05) is 36.8 Å². The maximum absolute atomic E-state index is 12.4. The molecule has 1 fully saturated rings. The number of nitrogens with two attached hydrogens (primary N) is 1. The number of amides is 2. The van der Waals surface area contributed by atoms with Gasteiger partial charge in [0.1, 0.15) is 5.54 Å². The van der Waals surface area contributed by atoms with E-state index in [2.05, 4.69) is 15.6 Å². The molecule has 4 N–H and O–H groups in total. The third-order valence-corrected chi connectivity index (χ3v) is 4.82. The van der Waals surface area contributed by atoms with Crippen LogP contribution in [0.3, 0.4) is 0 Å². The SMILES string of the molecule is CC(=O)Nc1ccc(-c2csc(NC(=O)C3(N)CCOCC3)n2)cc1.Cl. The smallest absolute Gasteiger partial charge is 0.246 e. The number of carbonyl (C=O) groups is 2. The topological polar surface area (TPSA) is 106 Å². The predicted molar refractivity (Wildman–Crippen MR) is 105 cm³/mol. The zero-order chi connectivity index (χ0) is 17.9. The van der Waals surface area contributed by atoms with Gasteiger partial charge in [0.2, 0.25) is 11.8 Å². The van der Waals surface area contributed by atoms with Crippen LogP contribution >= 0.6 is 23.7 Å². The van der Waals surface area contributed by atoms with Gasteiger partial charge in [-0.05, 0) is 25.0 Å². The second kappa shape index (κ2) is 8.59. The van der Waals surface area contributed by atoms with Crippen molar-refractivity contribution in [3.05, 3.63) is 29.6 Å². The summed E-state index contributed by atoms with van der Waals surface area (Å²) in [6.45, 7) is 2.45. The summed E-state index contributed by atoms with van der Waals surface area (Å²) in [7, 11) is 0. The van der Waals surface area contributed by atoms with Gasteiger partial charge in [0.25, 0.3) is 0 Å². The van der Waals surface area contributed by atoms with Crippen LogP contribution in [-0.4, -0.2) is 35.6 Å². The number of hydrogen-bond donors (Lipinski definition) is 3. The van der Waals surface area contributed by atoms with E-state index in [4.69, 9.17) is 10.5 Å². The molecule has 1 aromatic carbocycles. The number of thiazole rings is 1. The summed E-state index contributed by atoms with van der Waals surface area (Å²) in [5, 5.41) is 7.92. The molecule has 2 aromatic rings. The van der Waals surface area contributed by atoms with Crippen molar-refractivity contribution in [3.63, 3.8) is 0 Å². The van der Waals surface area contributed by atoms with Crippen molar-refractivity contribution in [2.45, 2.75) is 25.3 Å². The van der Waals surface area contributed by atoms with Crippen LogP contribution in [0.2, 0.25) is 0 Å². The molecule has 0 aliphatic carbocycles. The molecule has 1 aliphatic heterocycles. The maximum atomic E-state index is 12.4. The average molecular weight is 397 g/mol. The first-order chi connectivity index (χ1) is 12.0. The van der Waals surface area contributed by atoms with Gasteiger partial charge in [-0.1, -0.05) is 12.1 Å². The van der Waals surface area contributed by atoms with Gasteiger partial charge in [-0.2, -0.15) is 0 Å². The van der Waals surface area contributed by atoms with Crippen LogP contribution in [0.4, 0.5) is 10.8 Å². The summed E-state index contributed by atoms with van der Waals surface area (Å²) in [6.07, 6.45) is 1.00. The summed E-state index contributed by atoms with van der Waals surface area (Å²) in [6, 6.07) is 7.36. The molecular formula is C17H21ClN4O3S. The fourth-order valence-corrected chi connectivity index (χ4v) is 3.29. The summed E-state index contributed by atoms with van der Waals surface area (Å²) in [5.74, 6) is -0.340. The summed E-state index contributed by atoms with van der Waals surface area (Å²) >= 11 is 1.35. The zero-order valence-corrected chi connectivity index (χ0v) is 15.9. The monoisotopic (exact) mass is 396 g/mol. The van der Waals surface area contributed by atoms with Crippen molar-refractivity contribution in [1.29, 1.82) is 0 Å². The number of anilines is 2. The van der Waals surface area contributed by atoms with Gasteiger partial charge in [-0.15, -0.1) is 23.7 Å². The van der Waals surface area contributed by atoms with Crippen LogP contribution in [0.5, 0.6) is 0 Å². The van der Waals surface area contributed by atoms with Gasteiger partial charge in [0.15, 0.2) is 5.13 Å². The molecule has 0 bridgehead atoms. The molecule has 2 amide bonds. The van der Waals surface area contributed by atoms with E-state index >= 15 is 0 Å².